The van der Waals surface area contributed by atoms with Gasteiger partial charge in [-0.1, -0.05) is 66.9 Å². The van der Waals surface area contributed by atoms with Gasteiger partial charge in [0.15, 0.2) is 0 Å². The number of hydrogen-bond donors (Lipinski definition) is 1. The highest BCUT2D eigenvalue weighted by molar-refractivity contribution is 7.89. The molecule has 0 spiro atoms. The topological polar surface area (TPSA) is 130 Å². The lowest BCUT2D eigenvalue weighted by atomic mass is 9.97. The van der Waals surface area contributed by atoms with Gasteiger partial charge in [-0.15, -0.1) is 0 Å². The van der Waals surface area contributed by atoms with Gasteiger partial charge in [0.05, 0.1) is 23.3 Å². The zero-order valence-electron chi connectivity index (χ0n) is 18.4. The first-order chi connectivity index (χ1) is 15.6. The molecular formula is C23H28N2O6S2. The molecule has 0 saturated heterocycles. The van der Waals surface area contributed by atoms with E-state index >= 15 is 0 Å². The van der Waals surface area contributed by atoms with Crippen LogP contribution in [0.3, 0.4) is 0 Å². The molecule has 0 atom stereocenters. The van der Waals surface area contributed by atoms with Crippen molar-refractivity contribution >= 4 is 20.1 Å². The zero-order chi connectivity index (χ0) is 23.9. The van der Waals surface area contributed by atoms with Crippen molar-refractivity contribution in [3.8, 4) is 22.4 Å². The normalized spacial score (nSPS) is 12.2. The van der Waals surface area contributed by atoms with Gasteiger partial charge in [-0.05, 0) is 30.5 Å². The van der Waals surface area contributed by atoms with Crippen molar-refractivity contribution in [1.82, 2.24) is 5.16 Å². The summed E-state index contributed by atoms with van der Waals surface area (Å²) in [6.07, 6.45) is 6.06. The number of aromatic nitrogens is 1. The number of aryl methyl sites for hydroxylation is 1. The summed E-state index contributed by atoms with van der Waals surface area (Å²) in [5.41, 5.74) is 3.25. The molecule has 3 aromatic rings. The third kappa shape index (κ3) is 7.50. The van der Waals surface area contributed by atoms with Crippen LogP contribution in [0.4, 0.5) is 0 Å². The second-order valence-electron chi connectivity index (χ2n) is 7.81. The van der Waals surface area contributed by atoms with Gasteiger partial charge in [0.1, 0.15) is 11.5 Å². The van der Waals surface area contributed by atoms with E-state index in [-0.39, 0.29) is 11.5 Å². The lowest BCUT2D eigenvalue weighted by Crippen LogP contribution is -2.11. The van der Waals surface area contributed by atoms with E-state index in [1.165, 1.54) is 12.1 Å². The quantitative estimate of drug-likeness (QED) is 0.297. The van der Waals surface area contributed by atoms with Gasteiger partial charge in [-0.25, -0.2) is 13.6 Å². The molecule has 3 rings (SSSR count). The molecule has 0 aliphatic rings. The average Bonchev–Trinajstić information content (AvgIpc) is 3.19. The third-order valence-corrected chi connectivity index (χ3v) is 6.65. The van der Waals surface area contributed by atoms with Crippen molar-refractivity contribution in [1.29, 1.82) is 0 Å². The fourth-order valence-corrected chi connectivity index (χ4v) is 4.46. The largest absolute Gasteiger partial charge is 0.360 e. The molecule has 0 amide bonds. The van der Waals surface area contributed by atoms with Gasteiger partial charge in [0, 0.05) is 12.0 Å². The molecule has 0 unspecified atom stereocenters. The molecule has 8 nitrogen and oxygen atoms in total. The maximum Gasteiger partial charge on any atom is 0.264 e. The summed E-state index contributed by atoms with van der Waals surface area (Å²) in [6.45, 7) is 0.208. The number of hydrogen-bond acceptors (Lipinski definition) is 7. The Balaban J connectivity index is 1.70. The van der Waals surface area contributed by atoms with E-state index in [9.17, 15) is 16.8 Å². The molecule has 2 N–H and O–H groups in total. The number of nitrogens with two attached hydrogens (primary N) is 1. The lowest BCUT2D eigenvalue weighted by Gasteiger charge is -2.07. The minimum atomic E-state index is -3.78. The summed E-state index contributed by atoms with van der Waals surface area (Å²) in [5, 5.41) is 9.53. The van der Waals surface area contributed by atoms with Crippen molar-refractivity contribution in [3.05, 3.63) is 60.4 Å². The molecule has 33 heavy (non-hydrogen) atoms. The van der Waals surface area contributed by atoms with Crippen molar-refractivity contribution < 1.29 is 25.5 Å². The Morgan fingerprint density at radius 1 is 0.848 bits per heavy atom. The van der Waals surface area contributed by atoms with Crippen LogP contribution >= 0.6 is 0 Å². The van der Waals surface area contributed by atoms with E-state index in [2.05, 4.69) is 5.16 Å². The molecule has 178 valence electrons. The average molecular weight is 493 g/mol. The number of sulfonamides is 1. The molecule has 10 heteroatoms. The van der Waals surface area contributed by atoms with E-state index in [4.69, 9.17) is 13.8 Å². The smallest absolute Gasteiger partial charge is 0.264 e. The van der Waals surface area contributed by atoms with Crippen molar-refractivity contribution in [3.63, 3.8) is 0 Å². The molecule has 0 saturated carbocycles. The van der Waals surface area contributed by atoms with Gasteiger partial charge in [-0.2, -0.15) is 8.42 Å². The van der Waals surface area contributed by atoms with Crippen molar-refractivity contribution in [2.24, 2.45) is 5.14 Å². The van der Waals surface area contributed by atoms with Crippen LogP contribution in [0.15, 0.2) is 64.0 Å². The SMILES string of the molecule is CS(=O)(=O)OCCCCCCCc1onc(-c2ccccc2)c1-c1ccc(S(N)(=O)=O)cc1. The lowest BCUT2D eigenvalue weighted by molar-refractivity contribution is 0.309. The van der Waals surface area contributed by atoms with Crippen LogP contribution in [0.2, 0.25) is 0 Å². The number of benzene rings is 2. The van der Waals surface area contributed by atoms with Crippen LogP contribution in [-0.4, -0.2) is 34.9 Å². The van der Waals surface area contributed by atoms with E-state index in [1.54, 1.807) is 12.1 Å². The number of nitrogens with zero attached hydrogens (tertiary/aromatic N) is 1. The second kappa shape index (κ2) is 11.1. The molecular weight excluding hydrogens is 464 g/mol. The number of unbranched alkanes of at least 4 members (excludes halogenated alkanes) is 4. The predicted octanol–water partition coefficient (Wildman–Crippen LogP) is 4.13. The first kappa shape index (κ1) is 25.1. The van der Waals surface area contributed by atoms with Crippen LogP contribution in [0.1, 0.15) is 37.9 Å². The summed E-state index contributed by atoms with van der Waals surface area (Å²) < 4.78 is 55.6. The van der Waals surface area contributed by atoms with E-state index < -0.39 is 20.1 Å². The van der Waals surface area contributed by atoms with Gasteiger partial charge < -0.3 is 4.52 Å². The molecule has 1 aromatic heterocycles. The van der Waals surface area contributed by atoms with Gasteiger partial charge in [-0.3, -0.25) is 4.18 Å². The Morgan fingerprint density at radius 3 is 2.12 bits per heavy atom. The maximum absolute atomic E-state index is 11.6. The van der Waals surface area contributed by atoms with E-state index in [1.807, 2.05) is 30.3 Å². The summed E-state index contributed by atoms with van der Waals surface area (Å²) in [7, 11) is -7.16. The van der Waals surface area contributed by atoms with Crippen LogP contribution in [0.25, 0.3) is 22.4 Å². The predicted molar refractivity (Wildman–Crippen MR) is 126 cm³/mol. The minimum Gasteiger partial charge on any atom is -0.360 e. The first-order valence-corrected chi connectivity index (χ1v) is 14.0. The van der Waals surface area contributed by atoms with Crippen molar-refractivity contribution in [2.75, 3.05) is 12.9 Å². The maximum atomic E-state index is 11.6. The monoisotopic (exact) mass is 492 g/mol. The molecule has 0 bridgehead atoms. The zero-order valence-corrected chi connectivity index (χ0v) is 20.1. The Kier molecular flexibility index (Phi) is 8.41. The number of rotatable bonds is 12. The van der Waals surface area contributed by atoms with E-state index in [0.29, 0.717) is 18.5 Å². The first-order valence-electron chi connectivity index (χ1n) is 10.7. The third-order valence-electron chi connectivity index (χ3n) is 5.13. The summed E-state index contributed by atoms with van der Waals surface area (Å²) in [4.78, 5) is 0.0466. The Labute approximate surface area is 194 Å². The van der Waals surface area contributed by atoms with Gasteiger partial charge >= 0.3 is 0 Å². The highest BCUT2D eigenvalue weighted by Gasteiger charge is 2.19. The van der Waals surface area contributed by atoms with Gasteiger partial charge in [0.25, 0.3) is 10.1 Å². The summed E-state index contributed by atoms with van der Waals surface area (Å²) in [5.74, 6) is 0.734. The standard InChI is InChI=1S/C23H28N2O6S2/c1-32(26,27)30-17-9-4-2-3-8-12-21-22(18-13-15-20(16-14-18)33(24,28)29)23(25-31-21)19-10-6-5-7-11-19/h5-7,10-11,13-16H,2-4,8-9,12,17H2,1H3,(H2,24,28,29). The minimum absolute atomic E-state index is 0.0466. The van der Waals surface area contributed by atoms with E-state index in [0.717, 1.165) is 54.4 Å². The highest BCUT2D eigenvalue weighted by atomic mass is 32.2. The summed E-state index contributed by atoms with van der Waals surface area (Å²) in [6, 6.07) is 16.0. The molecule has 0 radical (unpaired) electrons. The number of primary sulfonamides is 1. The molecule has 0 fully saturated rings. The Hall–Kier alpha value is -2.53. The molecule has 0 aliphatic carbocycles. The fraction of sp³-hybridized carbons (Fsp3) is 0.348. The van der Waals surface area contributed by atoms with Crippen LogP contribution < -0.4 is 5.14 Å². The Bertz CT molecular complexity index is 1250. The Morgan fingerprint density at radius 2 is 1.48 bits per heavy atom. The molecule has 0 aliphatic heterocycles. The molecule has 1 heterocycles. The van der Waals surface area contributed by atoms with Gasteiger partial charge in [0.2, 0.25) is 10.0 Å². The van der Waals surface area contributed by atoms with Crippen LogP contribution in [0, 0.1) is 0 Å². The van der Waals surface area contributed by atoms with Crippen LogP contribution in [-0.2, 0) is 30.7 Å². The summed E-state index contributed by atoms with van der Waals surface area (Å²) >= 11 is 0. The second-order valence-corrected chi connectivity index (χ2v) is 11.0. The molecule has 2 aromatic carbocycles. The van der Waals surface area contributed by atoms with Crippen LogP contribution in [0.5, 0.6) is 0 Å². The highest BCUT2D eigenvalue weighted by Crippen LogP contribution is 2.35. The fourth-order valence-electron chi connectivity index (χ4n) is 3.53. The van der Waals surface area contributed by atoms with Crippen molar-refractivity contribution in [2.45, 2.75) is 43.4 Å².